The Morgan fingerprint density at radius 2 is 1.89 bits per heavy atom. The number of nitrogens with zero attached hydrogens (tertiary/aromatic N) is 1. The van der Waals surface area contributed by atoms with E-state index < -0.39 is 11.9 Å². The number of hydrogen-bond acceptors (Lipinski definition) is 3. The molecule has 1 aromatic carbocycles. The van der Waals surface area contributed by atoms with E-state index in [-0.39, 0.29) is 12.6 Å². The molecule has 0 aliphatic heterocycles. The monoisotopic (exact) mass is 269 g/mol. The second-order valence-corrected chi connectivity index (χ2v) is 4.74. The van der Waals surface area contributed by atoms with Crippen molar-refractivity contribution >= 4 is 5.69 Å². The fourth-order valence-electron chi connectivity index (χ4n) is 2.53. The highest BCUT2D eigenvalue weighted by Gasteiger charge is 2.22. The van der Waals surface area contributed by atoms with Crippen LogP contribution in [-0.4, -0.2) is 29.4 Å². The first-order chi connectivity index (χ1) is 9.06. The predicted octanol–water partition coefficient (Wildman–Crippen LogP) is 2.87. The summed E-state index contributed by atoms with van der Waals surface area (Å²) in [6.07, 6.45) is 0.949. The van der Waals surface area contributed by atoms with E-state index in [1.54, 1.807) is 19.1 Å². The maximum atomic E-state index is 13.9. The fourth-order valence-corrected chi connectivity index (χ4v) is 2.53. The quantitative estimate of drug-likeness (QED) is 0.800. The van der Waals surface area contributed by atoms with E-state index in [0.717, 1.165) is 12.8 Å². The maximum absolute atomic E-state index is 13.9. The van der Waals surface area contributed by atoms with Gasteiger partial charge in [0.15, 0.2) is 0 Å². The summed E-state index contributed by atoms with van der Waals surface area (Å²) in [6, 6.07) is 5.03. The van der Waals surface area contributed by atoms with Crippen LogP contribution in [0.2, 0.25) is 0 Å². The van der Waals surface area contributed by atoms with Crippen LogP contribution in [0.15, 0.2) is 18.2 Å². The van der Waals surface area contributed by atoms with Crippen LogP contribution in [0.4, 0.5) is 10.1 Å². The van der Waals surface area contributed by atoms with Crippen LogP contribution in [0.1, 0.15) is 45.3 Å². The summed E-state index contributed by atoms with van der Waals surface area (Å²) in [7, 11) is 0. The van der Waals surface area contributed by atoms with Gasteiger partial charge < -0.3 is 15.1 Å². The van der Waals surface area contributed by atoms with Gasteiger partial charge in [-0.15, -0.1) is 0 Å². The molecule has 0 aliphatic carbocycles. The van der Waals surface area contributed by atoms with Gasteiger partial charge in [-0.2, -0.15) is 0 Å². The zero-order valence-electron chi connectivity index (χ0n) is 11.9. The molecule has 0 radical (unpaired) electrons. The third-order valence-electron chi connectivity index (χ3n) is 3.48. The minimum absolute atomic E-state index is 0.00621. The van der Waals surface area contributed by atoms with E-state index in [9.17, 15) is 14.6 Å². The first-order valence-electron chi connectivity index (χ1n) is 6.90. The van der Waals surface area contributed by atoms with Crippen molar-refractivity contribution in [2.75, 3.05) is 18.1 Å². The molecule has 0 aromatic heterocycles. The van der Waals surface area contributed by atoms with Crippen LogP contribution in [0.3, 0.4) is 0 Å². The van der Waals surface area contributed by atoms with Gasteiger partial charge in [0.1, 0.15) is 5.82 Å². The van der Waals surface area contributed by atoms with Crippen LogP contribution in [-0.2, 0) is 0 Å². The molecule has 0 amide bonds. The Hall–Kier alpha value is -1.13. The third-order valence-corrected chi connectivity index (χ3v) is 3.48. The van der Waals surface area contributed by atoms with E-state index in [4.69, 9.17) is 0 Å². The Balaban J connectivity index is 3.25. The summed E-state index contributed by atoms with van der Waals surface area (Å²) in [5.41, 5.74) is 0.987. The molecule has 4 heteroatoms. The van der Waals surface area contributed by atoms with Gasteiger partial charge in [-0.05, 0) is 31.9 Å². The highest BCUT2D eigenvalue weighted by atomic mass is 19.1. The van der Waals surface area contributed by atoms with E-state index in [1.165, 1.54) is 6.07 Å². The van der Waals surface area contributed by atoms with E-state index in [1.807, 2.05) is 4.90 Å². The molecule has 1 rings (SSSR count). The molecule has 0 fully saturated rings. The first-order valence-corrected chi connectivity index (χ1v) is 6.90. The van der Waals surface area contributed by atoms with Gasteiger partial charge in [-0.25, -0.2) is 4.39 Å². The molecule has 0 heterocycles. The normalized spacial score (nSPS) is 12.8. The van der Waals surface area contributed by atoms with Gasteiger partial charge in [0.25, 0.3) is 0 Å². The lowest BCUT2D eigenvalue weighted by Crippen LogP contribution is -2.37. The largest absolute Gasteiger partial charge is 0.395 e. The molecule has 0 aliphatic rings. The Morgan fingerprint density at radius 1 is 1.26 bits per heavy atom. The Morgan fingerprint density at radius 3 is 2.37 bits per heavy atom. The van der Waals surface area contributed by atoms with E-state index in [2.05, 4.69) is 13.8 Å². The minimum atomic E-state index is -0.869. The number of hydrogen-bond donors (Lipinski definition) is 2. The summed E-state index contributed by atoms with van der Waals surface area (Å²) in [5.74, 6) is -0.401. The summed E-state index contributed by atoms with van der Waals surface area (Å²) >= 11 is 0. The van der Waals surface area contributed by atoms with Gasteiger partial charge in [-0.1, -0.05) is 19.9 Å². The SMILES string of the molecule is CCC(CC)N(CCO)c1cccc(F)c1C(C)O. The molecular weight excluding hydrogens is 245 g/mol. The average Bonchev–Trinajstić information content (AvgIpc) is 2.38. The van der Waals surface area contributed by atoms with Crippen molar-refractivity contribution < 1.29 is 14.6 Å². The summed E-state index contributed by atoms with van der Waals surface area (Å²) in [4.78, 5) is 1.99. The van der Waals surface area contributed by atoms with Gasteiger partial charge in [0.2, 0.25) is 0 Å². The van der Waals surface area contributed by atoms with Crippen LogP contribution < -0.4 is 4.90 Å². The van der Waals surface area contributed by atoms with Gasteiger partial charge in [-0.3, -0.25) is 0 Å². The molecule has 2 N–H and O–H groups in total. The van der Waals surface area contributed by atoms with Gasteiger partial charge in [0, 0.05) is 23.8 Å². The predicted molar refractivity (Wildman–Crippen MR) is 75.8 cm³/mol. The number of halogens is 1. The third kappa shape index (κ3) is 3.67. The second-order valence-electron chi connectivity index (χ2n) is 4.74. The molecule has 0 saturated carbocycles. The summed E-state index contributed by atoms with van der Waals surface area (Å²) in [6.45, 7) is 6.15. The van der Waals surface area contributed by atoms with Crippen molar-refractivity contribution in [3.8, 4) is 0 Å². The van der Waals surface area contributed by atoms with Gasteiger partial charge >= 0.3 is 0 Å². The Labute approximate surface area is 114 Å². The molecule has 0 bridgehead atoms. The van der Waals surface area contributed by atoms with E-state index in [0.29, 0.717) is 17.8 Å². The van der Waals surface area contributed by atoms with Crippen molar-refractivity contribution in [2.24, 2.45) is 0 Å². The molecule has 1 aromatic rings. The second kappa shape index (κ2) is 7.46. The molecule has 1 atom stereocenters. The van der Waals surface area contributed by atoms with Crippen molar-refractivity contribution in [3.05, 3.63) is 29.6 Å². The molecular formula is C15H24FNO2. The highest BCUT2D eigenvalue weighted by molar-refractivity contribution is 5.56. The lowest BCUT2D eigenvalue weighted by molar-refractivity contribution is 0.194. The van der Waals surface area contributed by atoms with Crippen LogP contribution >= 0.6 is 0 Å². The highest BCUT2D eigenvalue weighted by Crippen LogP contribution is 2.31. The first kappa shape index (κ1) is 15.9. The lowest BCUT2D eigenvalue weighted by atomic mass is 10.0. The van der Waals surface area contributed by atoms with Crippen LogP contribution in [0, 0.1) is 5.82 Å². The Kier molecular flexibility index (Phi) is 6.25. The molecule has 19 heavy (non-hydrogen) atoms. The Bertz CT molecular complexity index is 392. The molecule has 1 unspecified atom stereocenters. The van der Waals surface area contributed by atoms with Crippen molar-refractivity contribution in [2.45, 2.75) is 45.8 Å². The maximum Gasteiger partial charge on any atom is 0.131 e. The standard InChI is InChI=1S/C15H24FNO2/c1-4-12(5-2)17(9-10-18)14-8-6-7-13(16)15(14)11(3)19/h6-8,11-12,18-19H,4-5,9-10H2,1-3H3. The topological polar surface area (TPSA) is 43.7 Å². The zero-order chi connectivity index (χ0) is 14.4. The smallest absolute Gasteiger partial charge is 0.131 e. The summed E-state index contributed by atoms with van der Waals surface area (Å²) < 4.78 is 13.9. The van der Waals surface area contributed by atoms with Crippen molar-refractivity contribution in [1.29, 1.82) is 0 Å². The minimum Gasteiger partial charge on any atom is -0.395 e. The van der Waals surface area contributed by atoms with Crippen LogP contribution in [0.5, 0.6) is 0 Å². The number of benzene rings is 1. The number of aliphatic hydroxyl groups excluding tert-OH is 2. The number of rotatable bonds is 7. The average molecular weight is 269 g/mol. The van der Waals surface area contributed by atoms with Crippen LogP contribution in [0.25, 0.3) is 0 Å². The lowest BCUT2D eigenvalue weighted by Gasteiger charge is -2.34. The van der Waals surface area contributed by atoms with E-state index >= 15 is 0 Å². The molecule has 0 saturated heterocycles. The number of aliphatic hydroxyl groups is 2. The molecule has 108 valence electrons. The fraction of sp³-hybridized carbons (Fsp3) is 0.600. The summed E-state index contributed by atoms with van der Waals surface area (Å²) in [5, 5.41) is 19.0. The number of anilines is 1. The zero-order valence-corrected chi connectivity index (χ0v) is 11.9. The van der Waals surface area contributed by atoms with Crippen molar-refractivity contribution in [3.63, 3.8) is 0 Å². The molecule has 0 spiro atoms. The van der Waals surface area contributed by atoms with Gasteiger partial charge in [0.05, 0.1) is 12.7 Å². The van der Waals surface area contributed by atoms with Crippen molar-refractivity contribution in [1.82, 2.24) is 0 Å². The molecule has 3 nitrogen and oxygen atoms in total.